The van der Waals surface area contributed by atoms with E-state index in [4.69, 9.17) is 4.74 Å². The molecule has 1 aromatic heterocycles. The molecule has 0 amide bonds. The minimum Gasteiger partial charge on any atom is -0.507 e. The first kappa shape index (κ1) is 15.0. The van der Waals surface area contributed by atoms with Gasteiger partial charge in [0.2, 0.25) is 5.13 Å². The first-order valence-corrected chi connectivity index (χ1v) is 8.32. The summed E-state index contributed by atoms with van der Waals surface area (Å²) in [5, 5.41) is 10.4. The van der Waals surface area contributed by atoms with Gasteiger partial charge in [-0.25, -0.2) is 9.98 Å². The number of aliphatic imine (C=N–C) groups is 1. The Bertz CT molecular complexity index is 845. The van der Waals surface area contributed by atoms with E-state index in [-0.39, 0.29) is 5.75 Å². The molecule has 4 nitrogen and oxygen atoms in total. The molecule has 0 atom stereocenters. The zero-order valence-corrected chi connectivity index (χ0v) is 14.2. The number of fused-ring (bicyclic) bond motifs is 1. The molecular formula is C16H13BrN2O2S. The van der Waals surface area contributed by atoms with Gasteiger partial charge in [-0.15, -0.1) is 0 Å². The van der Waals surface area contributed by atoms with Crippen molar-refractivity contribution in [2.75, 3.05) is 6.61 Å². The molecule has 1 heterocycles. The molecule has 2 aromatic carbocycles. The molecule has 0 aliphatic rings. The first-order chi connectivity index (χ1) is 10.7. The molecule has 6 heteroatoms. The summed E-state index contributed by atoms with van der Waals surface area (Å²) < 4.78 is 7.39. The van der Waals surface area contributed by atoms with Gasteiger partial charge < -0.3 is 9.84 Å². The number of aromatic hydroxyl groups is 1. The third-order valence-corrected chi connectivity index (χ3v) is 4.38. The monoisotopic (exact) mass is 376 g/mol. The van der Waals surface area contributed by atoms with Gasteiger partial charge in [0.25, 0.3) is 0 Å². The van der Waals surface area contributed by atoms with Gasteiger partial charge in [0.1, 0.15) is 11.5 Å². The number of benzene rings is 2. The number of ether oxygens (including phenoxy) is 1. The fraction of sp³-hybridized carbons (Fsp3) is 0.125. The van der Waals surface area contributed by atoms with Crippen molar-refractivity contribution in [1.82, 2.24) is 4.98 Å². The predicted molar refractivity (Wildman–Crippen MR) is 93.8 cm³/mol. The molecular weight excluding hydrogens is 364 g/mol. The molecule has 1 N–H and O–H groups in total. The maximum Gasteiger partial charge on any atom is 0.210 e. The van der Waals surface area contributed by atoms with Crippen LogP contribution in [-0.2, 0) is 0 Å². The maximum atomic E-state index is 9.80. The van der Waals surface area contributed by atoms with Crippen molar-refractivity contribution in [2.45, 2.75) is 6.92 Å². The molecule has 3 rings (SSSR count). The van der Waals surface area contributed by atoms with E-state index in [9.17, 15) is 5.11 Å². The lowest BCUT2D eigenvalue weighted by atomic mass is 10.2. The summed E-state index contributed by atoms with van der Waals surface area (Å²) in [5.41, 5.74) is 1.53. The van der Waals surface area contributed by atoms with E-state index in [1.54, 1.807) is 24.4 Å². The molecule has 0 aliphatic carbocycles. The lowest BCUT2D eigenvalue weighted by Gasteiger charge is -2.00. The number of phenols is 1. The molecule has 0 saturated carbocycles. The SMILES string of the molecule is CCOc1ccc2nc(N=Cc3cc(Br)ccc3O)sc2c1. The second-order valence-corrected chi connectivity index (χ2v) is 6.45. The maximum absolute atomic E-state index is 9.80. The van der Waals surface area contributed by atoms with Crippen molar-refractivity contribution >= 4 is 48.8 Å². The van der Waals surface area contributed by atoms with E-state index in [0.717, 1.165) is 20.4 Å². The Kier molecular flexibility index (Phi) is 4.40. The third kappa shape index (κ3) is 3.28. The normalized spacial score (nSPS) is 11.4. The van der Waals surface area contributed by atoms with Crippen LogP contribution in [0.1, 0.15) is 12.5 Å². The summed E-state index contributed by atoms with van der Waals surface area (Å²) >= 11 is 4.86. The summed E-state index contributed by atoms with van der Waals surface area (Å²) in [6.07, 6.45) is 1.61. The van der Waals surface area contributed by atoms with E-state index >= 15 is 0 Å². The first-order valence-electron chi connectivity index (χ1n) is 6.71. The van der Waals surface area contributed by atoms with Crippen molar-refractivity contribution in [1.29, 1.82) is 0 Å². The number of thiazole rings is 1. The number of aromatic nitrogens is 1. The van der Waals surface area contributed by atoms with Crippen molar-refractivity contribution < 1.29 is 9.84 Å². The van der Waals surface area contributed by atoms with Crippen LogP contribution in [0.5, 0.6) is 11.5 Å². The minimum absolute atomic E-state index is 0.187. The second kappa shape index (κ2) is 6.46. The molecule has 22 heavy (non-hydrogen) atoms. The average Bonchev–Trinajstić information content (AvgIpc) is 2.90. The fourth-order valence-corrected chi connectivity index (χ4v) is 3.18. The van der Waals surface area contributed by atoms with E-state index < -0.39 is 0 Å². The van der Waals surface area contributed by atoms with Crippen molar-refractivity contribution in [2.24, 2.45) is 4.99 Å². The Hall–Kier alpha value is -1.92. The second-order valence-electron chi connectivity index (χ2n) is 4.52. The highest BCUT2D eigenvalue weighted by molar-refractivity contribution is 9.10. The van der Waals surface area contributed by atoms with Gasteiger partial charge in [0.15, 0.2) is 0 Å². The van der Waals surface area contributed by atoms with Gasteiger partial charge >= 0.3 is 0 Å². The van der Waals surface area contributed by atoms with Crippen LogP contribution in [0, 0.1) is 0 Å². The van der Waals surface area contributed by atoms with Gasteiger partial charge in [-0.05, 0) is 43.3 Å². The van der Waals surface area contributed by atoms with Crippen LogP contribution < -0.4 is 4.74 Å². The van der Waals surface area contributed by atoms with Crippen LogP contribution in [0.4, 0.5) is 5.13 Å². The van der Waals surface area contributed by atoms with Crippen LogP contribution in [0.3, 0.4) is 0 Å². The van der Waals surface area contributed by atoms with E-state index in [0.29, 0.717) is 17.3 Å². The number of hydrogen-bond donors (Lipinski definition) is 1. The summed E-state index contributed by atoms with van der Waals surface area (Å²) in [6, 6.07) is 11.0. The number of nitrogens with zero attached hydrogens (tertiary/aromatic N) is 2. The van der Waals surface area contributed by atoms with Crippen LogP contribution in [0.25, 0.3) is 10.2 Å². The number of rotatable bonds is 4. The molecule has 0 radical (unpaired) electrons. The summed E-state index contributed by atoms with van der Waals surface area (Å²) in [6.45, 7) is 2.59. The molecule has 112 valence electrons. The highest BCUT2D eigenvalue weighted by atomic mass is 79.9. The van der Waals surface area contributed by atoms with Gasteiger partial charge in [0.05, 0.1) is 16.8 Å². The highest BCUT2D eigenvalue weighted by Gasteiger charge is 2.05. The van der Waals surface area contributed by atoms with Gasteiger partial charge in [-0.3, -0.25) is 0 Å². The predicted octanol–water partition coefficient (Wildman–Crippen LogP) is 4.91. The van der Waals surface area contributed by atoms with Crippen LogP contribution in [-0.4, -0.2) is 22.9 Å². The lowest BCUT2D eigenvalue weighted by Crippen LogP contribution is -1.89. The zero-order valence-electron chi connectivity index (χ0n) is 11.8. The zero-order chi connectivity index (χ0) is 15.5. The van der Waals surface area contributed by atoms with Crippen molar-refractivity contribution in [3.8, 4) is 11.5 Å². The molecule has 3 aromatic rings. The number of hydrogen-bond acceptors (Lipinski definition) is 5. The average molecular weight is 377 g/mol. The topological polar surface area (TPSA) is 54.7 Å². The van der Waals surface area contributed by atoms with Gasteiger partial charge in [-0.1, -0.05) is 27.3 Å². The van der Waals surface area contributed by atoms with Crippen LogP contribution >= 0.6 is 27.3 Å². The number of halogens is 1. The number of phenolic OH excluding ortho intramolecular Hbond substituents is 1. The summed E-state index contributed by atoms with van der Waals surface area (Å²) in [7, 11) is 0. The largest absolute Gasteiger partial charge is 0.507 e. The quantitative estimate of drug-likeness (QED) is 0.657. The molecule has 0 fully saturated rings. The third-order valence-electron chi connectivity index (χ3n) is 2.96. The molecule has 0 aliphatic heterocycles. The Morgan fingerprint density at radius 3 is 3.00 bits per heavy atom. The van der Waals surface area contributed by atoms with Crippen LogP contribution in [0.2, 0.25) is 0 Å². The van der Waals surface area contributed by atoms with E-state index in [2.05, 4.69) is 25.9 Å². The Morgan fingerprint density at radius 1 is 1.32 bits per heavy atom. The summed E-state index contributed by atoms with van der Waals surface area (Å²) in [5.74, 6) is 1.02. The van der Waals surface area contributed by atoms with Crippen molar-refractivity contribution in [3.05, 3.63) is 46.4 Å². The van der Waals surface area contributed by atoms with Crippen LogP contribution in [0.15, 0.2) is 45.9 Å². The van der Waals surface area contributed by atoms with Gasteiger partial charge in [0, 0.05) is 16.3 Å². The molecule has 0 bridgehead atoms. The minimum atomic E-state index is 0.187. The van der Waals surface area contributed by atoms with E-state index in [1.165, 1.54) is 11.3 Å². The highest BCUT2D eigenvalue weighted by Crippen LogP contribution is 2.31. The van der Waals surface area contributed by atoms with Gasteiger partial charge in [-0.2, -0.15) is 0 Å². The van der Waals surface area contributed by atoms with Crippen molar-refractivity contribution in [3.63, 3.8) is 0 Å². The summed E-state index contributed by atoms with van der Waals surface area (Å²) in [4.78, 5) is 8.80. The smallest absolute Gasteiger partial charge is 0.210 e. The molecule has 0 spiro atoms. The Balaban J connectivity index is 1.90. The molecule has 0 unspecified atom stereocenters. The standard InChI is InChI=1S/C16H13BrN2O2S/c1-2-21-12-4-5-13-15(8-12)22-16(19-13)18-9-10-7-11(17)3-6-14(10)20/h3-9,20H,2H2,1H3. The molecule has 0 saturated heterocycles. The fourth-order valence-electron chi connectivity index (χ4n) is 1.96. The van der Waals surface area contributed by atoms with E-state index in [1.807, 2.05) is 25.1 Å². The lowest BCUT2D eigenvalue weighted by molar-refractivity contribution is 0.341. The Morgan fingerprint density at radius 2 is 2.18 bits per heavy atom. The Labute approximate surface area is 140 Å².